The molecule has 1 aromatic carbocycles. The summed E-state index contributed by atoms with van der Waals surface area (Å²) in [5.74, 6) is -0.602. The lowest BCUT2D eigenvalue weighted by molar-refractivity contribution is 0.182. The number of hydrogen-bond donors (Lipinski definition) is 1. The van der Waals surface area contributed by atoms with Gasteiger partial charge in [0.15, 0.2) is 5.13 Å². The van der Waals surface area contributed by atoms with E-state index in [-0.39, 0.29) is 10.0 Å². The van der Waals surface area contributed by atoms with E-state index in [0.29, 0.717) is 17.9 Å². The quantitative estimate of drug-likeness (QED) is 0.920. The Hall–Kier alpha value is -1.51. The average molecular weight is 316 g/mol. The van der Waals surface area contributed by atoms with Gasteiger partial charge in [-0.15, -0.1) is 11.3 Å². The number of thiazole rings is 1. The summed E-state index contributed by atoms with van der Waals surface area (Å²) in [6, 6.07) is 3.62. The number of ether oxygens (including phenoxy) is 1. The molecule has 0 atom stereocenters. The minimum Gasteiger partial charge on any atom is -0.378 e. The molecule has 0 unspecified atom stereocenters. The Bertz CT molecular complexity index is 713. The first-order valence-electron chi connectivity index (χ1n) is 5.64. The first-order valence-corrected chi connectivity index (χ1v) is 8.01. The summed E-state index contributed by atoms with van der Waals surface area (Å²) in [5, 5.41) is 1.92. The number of nitrogens with zero attached hydrogens (tertiary/aromatic N) is 1. The van der Waals surface area contributed by atoms with Gasteiger partial charge in [0, 0.05) is 12.5 Å². The Labute approximate surface area is 120 Å². The molecule has 0 radical (unpaired) electrons. The molecule has 0 spiro atoms. The number of aryl methyl sites for hydroxylation is 1. The van der Waals surface area contributed by atoms with E-state index in [4.69, 9.17) is 4.74 Å². The summed E-state index contributed by atoms with van der Waals surface area (Å²) < 4.78 is 44.8. The van der Waals surface area contributed by atoms with Crippen LogP contribution >= 0.6 is 11.3 Å². The minimum atomic E-state index is -3.85. The Morgan fingerprint density at radius 1 is 1.45 bits per heavy atom. The number of hydrogen-bond acceptors (Lipinski definition) is 5. The van der Waals surface area contributed by atoms with Crippen LogP contribution in [-0.4, -0.2) is 20.5 Å². The molecule has 1 heterocycles. The highest BCUT2D eigenvalue weighted by molar-refractivity contribution is 7.93. The fourth-order valence-electron chi connectivity index (χ4n) is 1.60. The van der Waals surface area contributed by atoms with Gasteiger partial charge in [-0.3, -0.25) is 4.72 Å². The number of halogens is 1. The van der Waals surface area contributed by atoms with Gasteiger partial charge in [-0.2, -0.15) is 0 Å². The molecular formula is C12H13FN2O3S2. The van der Waals surface area contributed by atoms with Crippen LogP contribution in [0.25, 0.3) is 0 Å². The lowest BCUT2D eigenvalue weighted by atomic mass is 10.2. The summed E-state index contributed by atoms with van der Waals surface area (Å²) in [6.45, 7) is 1.91. The Morgan fingerprint density at radius 2 is 2.20 bits per heavy atom. The van der Waals surface area contributed by atoms with Gasteiger partial charge in [0.05, 0.1) is 17.2 Å². The van der Waals surface area contributed by atoms with Crippen molar-refractivity contribution in [2.45, 2.75) is 18.4 Å². The highest BCUT2D eigenvalue weighted by Crippen LogP contribution is 2.23. The zero-order valence-electron chi connectivity index (χ0n) is 10.9. The lowest BCUT2D eigenvalue weighted by Crippen LogP contribution is -2.14. The third-order valence-electron chi connectivity index (χ3n) is 2.51. The molecule has 0 saturated carbocycles. The fraction of sp³-hybridized carbons (Fsp3) is 0.250. The SMILES string of the molecule is COCc1csc(NS(=O)(=O)c2cc(F)ccc2C)n1. The molecular weight excluding hydrogens is 303 g/mol. The number of benzene rings is 1. The standard InChI is InChI=1S/C12H13FN2O3S2/c1-8-3-4-9(13)5-11(8)20(16,17)15-12-14-10(6-18-2)7-19-12/h3-5,7H,6H2,1-2H3,(H,14,15). The van der Waals surface area contributed by atoms with Gasteiger partial charge in [0.2, 0.25) is 0 Å². The highest BCUT2D eigenvalue weighted by atomic mass is 32.2. The summed E-state index contributed by atoms with van der Waals surface area (Å²) in [4.78, 5) is 3.98. The molecule has 20 heavy (non-hydrogen) atoms. The van der Waals surface area contributed by atoms with Crippen LogP contribution in [0.5, 0.6) is 0 Å². The van der Waals surface area contributed by atoms with Crippen LogP contribution in [0.15, 0.2) is 28.5 Å². The van der Waals surface area contributed by atoms with Gasteiger partial charge in [0.1, 0.15) is 5.82 Å². The van der Waals surface area contributed by atoms with Crippen LogP contribution in [0.4, 0.5) is 9.52 Å². The fourth-order valence-corrected chi connectivity index (χ4v) is 3.81. The van der Waals surface area contributed by atoms with Crippen LogP contribution in [0.2, 0.25) is 0 Å². The summed E-state index contributed by atoms with van der Waals surface area (Å²) in [7, 11) is -2.32. The molecule has 2 rings (SSSR count). The zero-order valence-corrected chi connectivity index (χ0v) is 12.5. The van der Waals surface area contributed by atoms with Gasteiger partial charge in [-0.1, -0.05) is 6.07 Å². The number of aromatic nitrogens is 1. The van der Waals surface area contributed by atoms with E-state index >= 15 is 0 Å². The lowest BCUT2D eigenvalue weighted by Gasteiger charge is -2.08. The van der Waals surface area contributed by atoms with Gasteiger partial charge >= 0.3 is 0 Å². The topological polar surface area (TPSA) is 68.3 Å². The van der Waals surface area contributed by atoms with Crippen molar-refractivity contribution in [1.29, 1.82) is 0 Å². The number of nitrogens with one attached hydrogen (secondary N) is 1. The van der Waals surface area contributed by atoms with Gasteiger partial charge in [-0.05, 0) is 24.6 Å². The van der Waals surface area contributed by atoms with Crippen LogP contribution in [0, 0.1) is 12.7 Å². The number of methoxy groups -OCH3 is 1. The van der Waals surface area contributed by atoms with Gasteiger partial charge in [-0.25, -0.2) is 17.8 Å². The molecule has 0 saturated heterocycles. The van der Waals surface area contributed by atoms with Crippen molar-refractivity contribution in [1.82, 2.24) is 4.98 Å². The Kier molecular flexibility index (Phi) is 4.36. The maximum atomic E-state index is 13.2. The van der Waals surface area contributed by atoms with Crippen molar-refractivity contribution in [2.24, 2.45) is 0 Å². The van der Waals surface area contributed by atoms with Crippen molar-refractivity contribution >= 4 is 26.5 Å². The predicted molar refractivity (Wildman–Crippen MR) is 74.8 cm³/mol. The highest BCUT2D eigenvalue weighted by Gasteiger charge is 2.19. The molecule has 8 heteroatoms. The second kappa shape index (κ2) is 5.86. The first-order chi connectivity index (χ1) is 9.42. The largest absolute Gasteiger partial charge is 0.378 e. The Morgan fingerprint density at radius 3 is 2.90 bits per heavy atom. The van der Waals surface area contributed by atoms with Crippen molar-refractivity contribution in [2.75, 3.05) is 11.8 Å². The van der Waals surface area contributed by atoms with E-state index < -0.39 is 15.8 Å². The van der Waals surface area contributed by atoms with Crippen LogP contribution in [0.3, 0.4) is 0 Å². The van der Waals surface area contributed by atoms with E-state index in [1.54, 1.807) is 12.3 Å². The first kappa shape index (κ1) is 14.9. The third kappa shape index (κ3) is 3.33. The smallest absolute Gasteiger partial charge is 0.264 e. The Balaban J connectivity index is 2.28. The molecule has 5 nitrogen and oxygen atoms in total. The molecule has 1 aromatic heterocycles. The van der Waals surface area contributed by atoms with Crippen molar-refractivity contribution in [3.8, 4) is 0 Å². The minimum absolute atomic E-state index is 0.0963. The van der Waals surface area contributed by atoms with Crippen molar-refractivity contribution in [3.63, 3.8) is 0 Å². The van der Waals surface area contributed by atoms with Gasteiger partial charge < -0.3 is 4.74 Å². The molecule has 0 aliphatic carbocycles. The van der Waals surface area contributed by atoms with E-state index in [9.17, 15) is 12.8 Å². The third-order valence-corrected chi connectivity index (χ3v) is 4.92. The van der Waals surface area contributed by atoms with E-state index in [0.717, 1.165) is 17.4 Å². The maximum absolute atomic E-state index is 13.2. The summed E-state index contributed by atoms with van der Waals surface area (Å²) >= 11 is 1.15. The van der Waals surface area contributed by atoms with Crippen molar-refractivity contribution in [3.05, 3.63) is 40.7 Å². The molecule has 108 valence electrons. The normalized spacial score (nSPS) is 11.6. The molecule has 0 fully saturated rings. The molecule has 0 amide bonds. The number of rotatable bonds is 5. The van der Waals surface area contributed by atoms with Gasteiger partial charge in [0.25, 0.3) is 10.0 Å². The monoisotopic (exact) mass is 316 g/mol. The molecule has 0 bridgehead atoms. The zero-order chi connectivity index (χ0) is 14.8. The maximum Gasteiger partial charge on any atom is 0.264 e. The molecule has 2 aromatic rings. The molecule has 0 aliphatic heterocycles. The summed E-state index contributed by atoms with van der Waals surface area (Å²) in [5.41, 5.74) is 1.10. The van der Waals surface area contributed by atoms with E-state index in [1.807, 2.05) is 0 Å². The number of sulfonamides is 1. The van der Waals surface area contributed by atoms with Crippen LogP contribution < -0.4 is 4.72 Å². The van der Waals surface area contributed by atoms with Crippen molar-refractivity contribution < 1.29 is 17.5 Å². The second-order valence-electron chi connectivity index (χ2n) is 4.09. The van der Waals surface area contributed by atoms with E-state index in [1.165, 1.54) is 19.2 Å². The number of anilines is 1. The summed E-state index contributed by atoms with van der Waals surface area (Å²) in [6.07, 6.45) is 0. The molecule has 1 N–H and O–H groups in total. The van der Waals surface area contributed by atoms with Crippen LogP contribution in [-0.2, 0) is 21.4 Å². The van der Waals surface area contributed by atoms with E-state index in [2.05, 4.69) is 9.71 Å². The average Bonchev–Trinajstić information content (AvgIpc) is 2.79. The predicted octanol–water partition coefficient (Wildman–Crippen LogP) is 2.54. The van der Waals surface area contributed by atoms with Crippen LogP contribution in [0.1, 0.15) is 11.3 Å². The second-order valence-corrected chi connectivity index (χ2v) is 6.60. The molecule has 0 aliphatic rings.